The van der Waals surface area contributed by atoms with Crippen molar-refractivity contribution in [3.63, 3.8) is 0 Å². The van der Waals surface area contributed by atoms with Gasteiger partial charge < -0.3 is 24.1 Å². The quantitative estimate of drug-likeness (QED) is 0.926. The summed E-state index contributed by atoms with van der Waals surface area (Å²) in [4.78, 5) is 0. The fourth-order valence-corrected chi connectivity index (χ4v) is 2.66. The first-order chi connectivity index (χ1) is 10.6. The van der Waals surface area contributed by atoms with Gasteiger partial charge in [-0.1, -0.05) is 44.2 Å². The molecular weight excluding hydrogens is 284 g/mol. The Bertz CT molecular complexity index is 448. The molecule has 4 unspecified atom stereocenters. The lowest BCUT2D eigenvalue weighted by Crippen LogP contribution is -2.32. The van der Waals surface area contributed by atoms with Crippen molar-refractivity contribution in [1.29, 1.82) is 0 Å². The van der Waals surface area contributed by atoms with Crippen LogP contribution in [0.25, 0.3) is 0 Å². The normalized spacial score (nSPS) is 32.2. The molecule has 0 bridgehead atoms. The Labute approximate surface area is 132 Å². The monoisotopic (exact) mass is 310 g/mol. The van der Waals surface area contributed by atoms with E-state index in [4.69, 9.17) is 18.9 Å². The number of rotatable bonds is 4. The lowest BCUT2D eigenvalue weighted by molar-refractivity contribution is -0.225. The van der Waals surface area contributed by atoms with Gasteiger partial charge in [-0.15, -0.1) is 0 Å². The van der Waals surface area contributed by atoms with E-state index in [9.17, 15) is 5.11 Å². The number of ether oxygens (including phenoxy) is 4. The largest absolute Gasteiger partial charge is 0.374 e. The zero-order valence-electron chi connectivity index (χ0n) is 13.7. The molecule has 2 heterocycles. The molecule has 5 nitrogen and oxygen atoms in total. The lowest BCUT2D eigenvalue weighted by Gasteiger charge is -2.22. The van der Waals surface area contributed by atoms with Crippen molar-refractivity contribution in [1.82, 2.24) is 0 Å². The summed E-state index contributed by atoms with van der Waals surface area (Å²) in [6.45, 7) is 8.55. The van der Waals surface area contributed by atoms with E-state index in [0.717, 1.165) is 5.56 Å². The van der Waals surface area contributed by atoms with Crippen LogP contribution in [0, 0.1) is 0 Å². The smallest absolute Gasteiger partial charge is 0.184 e. The predicted octanol–water partition coefficient (Wildman–Crippen LogP) is 2.47. The first-order valence-corrected chi connectivity index (χ1v) is 7.86. The molecule has 3 rings (SSSR count). The fourth-order valence-electron chi connectivity index (χ4n) is 2.66. The predicted molar refractivity (Wildman–Crippen MR) is 82.2 cm³/mol. The van der Waals surface area contributed by atoms with Gasteiger partial charge in [0.15, 0.2) is 12.1 Å². The standard InChI is InChI=1S/C15H20O5.C2H6/c1-15(2)19-12-11(18-14(16)13(12)20-15)9-17-8-10-6-4-3-5-7-10;1-2/h3-7,11-14,16H,8-9H2,1-2H3;1-2H3. The van der Waals surface area contributed by atoms with Gasteiger partial charge in [0.05, 0.1) is 13.2 Å². The Morgan fingerprint density at radius 3 is 2.41 bits per heavy atom. The summed E-state index contributed by atoms with van der Waals surface area (Å²) in [6, 6.07) is 9.93. The number of hydrogen-bond donors (Lipinski definition) is 1. The van der Waals surface area contributed by atoms with Gasteiger partial charge in [-0.2, -0.15) is 0 Å². The molecule has 1 aromatic carbocycles. The van der Waals surface area contributed by atoms with E-state index in [-0.39, 0.29) is 12.2 Å². The van der Waals surface area contributed by atoms with Crippen molar-refractivity contribution >= 4 is 0 Å². The number of aliphatic hydroxyl groups excluding tert-OH is 1. The zero-order valence-corrected chi connectivity index (χ0v) is 13.7. The van der Waals surface area contributed by atoms with Crippen molar-refractivity contribution in [2.24, 2.45) is 0 Å². The van der Waals surface area contributed by atoms with E-state index in [1.54, 1.807) is 0 Å². The highest BCUT2D eigenvalue weighted by Gasteiger charge is 2.54. The number of fused-ring (bicyclic) bond motifs is 1. The van der Waals surface area contributed by atoms with Crippen LogP contribution in [-0.2, 0) is 25.6 Å². The van der Waals surface area contributed by atoms with Crippen LogP contribution in [0.1, 0.15) is 33.3 Å². The average molecular weight is 310 g/mol. The van der Waals surface area contributed by atoms with Crippen LogP contribution < -0.4 is 0 Å². The summed E-state index contributed by atoms with van der Waals surface area (Å²) in [6.07, 6.45) is -1.97. The maximum atomic E-state index is 9.84. The Hall–Kier alpha value is -0.980. The molecule has 22 heavy (non-hydrogen) atoms. The van der Waals surface area contributed by atoms with Gasteiger partial charge in [0.1, 0.15) is 18.3 Å². The highest BCUT2D eigenvalue weighted by atomic mass is 16.8. The van der Waals surface area contributed by atoms with Crippen molar-refractivity contribution in [3.05, 3.63) is 35.9 Å². The van der Waals surface area contributed by atoms with Crippen molar-refractivity contribution < 1.29 is 24.1 Å². The minimum atomic E-state index is -0.952. The summed E-state index contributed by atoms with van der Waals surface area (Å²) in [5.74, 6) is -0.683. The summed E-state index contributed by atoms with van der Waals surface area (Å²) in [7, 11) is 0. The minimum absolute atomic E-state index is 0.282. The molecule has 1 N–H and O–H groups in total. The van der Waals surface area contributed by atoms with Crippen LogP contribution in [-0.4, -0.2) is 42.1 Å². The molecule has 2 saturated heterocycles. The highest BCUT2D eigenvalue weighted by molar-refractivity contribution is 5.13. The van der Waals surface area contributed by atoms with E-state index in [2.05, 4.69) is 0 Å². The molecular formula is C17H26O5. The van der Waals surface area contributed by atoms with E-state index >= 15 is 0 Å². The Kier molecular flexibility index (Phi) is 5.94. The molecule has 124 valence electrons. The van der Waals surface area contributed by atoms with Crippen LogP contribution in [0.15, 0.2) is 30.3 Å². The molecule has 0 spiro atoms. The molecule has 0 saturated carbocycles. The van der Waals surface area contributed by atoms with Crippen LogP contribution >= 0.6 is 0 Å². The molecule has 0 amide bonds. The molecule has 2 aliphatic heterocycles. The summed E-state index contributed by atoms with van der Waals surface area (Å²) in [5.41, 5.74) is 1.10. The number of benzene rings is 1. The first kappa shape index (κ1) is 17.4. The second-order valence-electron chi connectivity index (χ2n) is 5.63. The lowest BCUT2D eigenvalue weighted by atomic mass is 10.1. The van der Waals surface area contributed by atoms with Crippen molar-refractivity contribution in [2.45, 2.75) is 64.7 Å². The third-order valence-corrected chi connectivity index (χ3v) is 3.52. The highest BCUT2D eigenvalue weighted by Crippen LogP contribution is 2.37. The molecule has 5 heteroatoms. The van der Waals surface area contributed by atoms with Gasteiger partial charge >= 0.3 is 0 Å². The first-order valence-electron chi connectivity index (χ1n) is 7.86. The molecule has 0 radical (unpaired) electrons. The van der Waals surface area contributed by atoms with E-state index in [1.807, 2.05) is 58.0 Å². The molecule has 0 aromatic heterocycles. The minimum Gasteiger partial charge on any atom is -0.374 e. The summed E-state index contributed by atoms with van der Waals surface area (Å²) in [5, 5.41) is 9.84. The second kappa shape index (κ2) is 7.53. The van der Waals surface area contributed by atoms with Gasteiger partial charge in [0.2, 0.25) is 0 Å². The summed E-state index contributed by atoms with van der Waals surface area (Å²) >= 11 is 0. The van der Waals surface area contributed by atoms with Gasteiger partial charge in [-0.3, -0.25) is 0 Å². The van der Waals surface area contributed by atoms with Crippen molar-refractivity contribution in [2.75, 3.05) is 6.61 Å². The van der Waals surface area contributed by atoms with E-state index in [0.29, 0.717) is 13.2 Å². The molecule has 0 aliphatic carbocycles. The fraction of sp³-hybridized carbons (Fsp3) is 0.647. The third kappa shape index (κ3) is 4.06. The van der Waals surface area contributed by atoms with Crippen molar-refractivity contribution in [3.8, 4) is 0 Å². The SMILES string of the molecule is CC.CC1(C)OC2C(O)OC(COCc3ccccc3)C2O1. The maximum absolute atomic E-state index is 9.84. The third-order valence-electron chi connectivity index (χ3n) is 3.52. The average Bonchev–Trinajstić information content (AvgIpc) is 2.98. The number of hydrogen-bond acceptors (Lipinski definition) is 5. The number of aliphatic hydroxyl groups is 1. The molecule has 1 aromatic rings. The molecule has 4 atom stereocenters. The Morgan fingerprint density at radius 1 is 1.09 bits per heavy atom. The van der Waals surface area contributed by atoms with Gasteiger partial charge in [0.25, 0.3) is 0 Å². The summed E-state index contributed by atoms with van der Waals surface area (Å²) < 4.78 is 22.5. The van der Waals surface area contributed by atoms with Crippen LogP contribution in [0.4, 0.5) is 0 Å². The van der Waals surface area contributed by atoms with E-state index in [1.165, 1.54) is 0 Å². The van der Waals surface area contributed by atoms with Gasteiger partial charge in [-0.05, 0) is 19.4 Å². The molecule has 2 aliphatic rings. The molecule has 2 fully saturated rings. The van der Waals surface area contributed by atoms with Gasteiger partial charge in [-0.25, -0.2) is 0 Å². The Balaban J connectivity index is 0.000000847. The topological polar surface area (TPSA) is 57.2 Å². The van der Waals surface area contributed by atoms with Crippen LogP contribution in [0.5, 0.6) is 0 Å². The van der Waals surface area contributed by atoms with Crippen LogP contribution in [0.3, 0.4) is 0 Å². The zero-order chi connectivity index (χ0) is 16.2. The Morgan fingerprint density at radius 2 is 1.73 bits per heavy atom. The van der Waals surface area contributed by atoms with Crippen LogP contribution in [0.2, 0.25) is 0 Å². The maximum Gasteiger partial charge on any atom is 0.184 e. The van der Waals surface area contributed by atoms with E-state index < -0.39 is 18.2 Å². The second-order valence-corrected chi connectivity index (χ2v) is 5.63. The van der Waals surface area contributed by atoms with Gasteiger partial charge in [0, 0.05) is 0 Å².